The molecule has 230 valence electrons. The largest absolute Gasteiger partial charge is 0.481 e. The lowest BCUT2D eigenvalue weighted by atomic mass is 10.0. The second kappa shape index (κ2) is 15.9. The summed E-state index contributed by atoms with van der Waals surface area (Å²) in [4.78, 5) is 68.6. The number of aliphatic carboxylic acids is 2. The van der Waals surface area contributed by atoms with Crippen molar-refractivity contribution >= 4 is 46.5 Å². The van der Waals surface area contributed by atoms with Crippen LogP contribution in [0.25, 0.3) is 10.9 Å². The van der Waals surface area contributed by atoms with Gasteiger partial charge in [-0.15, -0.1) is 0 Å². The zero-order chi connectivity index (χ0) is 31.4. The van der Waals surface area contributed by atoms with E-state index in [9.17, 15) is 34.2 Å². The summed E-state index contributed by atoms with van der Waals surface area (Å²) in [6, 6.07) is 1.76. The molecule has 5 atom stereocenters. The van der Waals surface area contributed by atoms with Gasteiger partial charge in [0.15, 0.2) is 5.96 Å². The van der Waals surface area contributed by atoms with Gasteiger partial charge in [-0.25, -0.2) is 4.79 Å². The number of fused-ring (bicyclic) bond motifs is 1. The van der Waals surface area contributed by atoms with E-state index in [0.717, 1.165) is 10.9 Å². The highest BCUT2D eigenvalue weighted by atomic mass is 16.4. The average molecular weight is 591 g/mol. The predicted octanol–water partition coefficient (Wildman–Crippen LogP) is -2.12. The lowest BCUT2D eigenvalue weighted by Crippen LogP contribution is -2.60. The van der Waals surface area contributed by atoms with Crippen LogP contribution in [0.15, 0.2) is 35.5 Å². The van der Waals surface area contributed by atoms with E-state index in [1.807, 2.05) is 18.2 Å². The number of H-pyrrole nitrogens is 1. The van der Waals surface area contributed by atoms with Crippen molar-refractivity contribution < 1.29 is 39.3 Å². The number of nitrogens with one attached hydrogen (secondary N) is 4. The van der Waals surface area contributed by atoms with Crippen LogP contribution in [0.3, 0.4) is 0 Å². The Labute approximate surface area is 241 Å². The Morgan fingerprint density at radius 3 is 2.24 bits per heavy atom. The topological polar surface area (TPSA) is 288 Å². The zero-order valence-electron chi connectivity index (χ0n) is 23.1. The first-order valence-electron chi connectivity index (χ1n) is 13.2. The summed E-state index contributed by atoms with van der Waals surface area (Å²) in [7, 11) is 0. The molecule has 1 aromatic carbocycles. The van der Waals surface area contributed by atoms with Gasteiger partial charge in [0, 0.05) is 36.5 Å². The molecule has 2 aromatic rings. The number of para-hydroxylation sites is 1. The minimum absolute atomic E-state index is 0.0359. The second-order valence-electron chi connectivity index (χ2n) is 9.74. The van der Waals surface area contributed by atoms with Crippen molar-refractivity contribution in [3.8, 4) is 0 Å². The molecule has 1 aromatic heterocycles. The van der Waals surface area contributed by atoms with Gasteiger partial charge in [0.25, 0.3) is 0 Å². The molecule has 16 heteroatoms. The van der Waals surface area contributed by atoms with Crippen molar-refractivity contribution in [1.29, 1.82) is 0 Å². The van der Waals surface area contributed by atoms with E-state index in [0.29, 0.717) is 5.56 Å². The first-order chi connectivity index (χ1) is 19.8. The van der Waals surface area contributed by atoms with Gasteiger partial charge in [-0.1, -0.05) is 18.2 Å². The van der Waals surface area contributed by atoms with Crippen LogP contribution >= 0.6 is 0 Å². The highest BCUT2D eigenvalue weighted by Crippen LogP contribution is 2.19. The Hall–Kier alpha value is -4.70. The number of carbonyl (C=O) groups excluding carboxylic acids is 3. The number of carbonyl (C=O) groups is 5. The number of aromatic amines is 1. The number of hydrogen-bond acceptors (Lipinski definition) is 8. The molecule has 3 amide bonds. The fourth-order valence-electron chi connectivity index (χ4n) is 4.10. The maximum atomic E-state index is 13.4. The summed E-state index contributed by atoms with van der Waals surface area (Å²) in [6.07, 6.45) is -0.208. The Bertz CT molecular complexity index is 1290. The third kappa shape index (κ3) is 10.4. The van der Waals surface area contributed by atoms with E-state index in [4.69, 9.17) is 22.3 Å². The molecular formula is C26H38N8O8. The molecular weight excluding hydrogens is 552 g/mol. The fourth-order valence-corrected chi connectivity index (χ4v) is 4.10. The SMILES string of the molecule is C[C@@H](O)[C@H](NC(=O)[C@H](Cc1c[nH]c2ccccc12)NC(=O)[C@@H](N)CCC(=O)O)C(=O)N[C@@H](CCCN=C(N)N)C(=O)O. The van der Waals surface area contributed by atoms with Crippen LogP contribution in [0.2, 0.25) is 0 Å². The molecule has 0 saturated heterocycles. The monoisotopic (exact) mass is 590 g/mol. The molecule has 0 saturated carbocycles. The van der Waals surface area contributed by atoms with Gasteiger partial charge in [-0.3, -0.25) is 24.2 Å². The number of guanidine groups is 1. The van der Waals surface area contributed by atoms with Crippen molar-refractivity contribution in [2.45, 2.75) is 69.3 Å². The molecule has 16 nitrogen and oxygen atoms in total. The van der Waals surface area contributed by atoms with E-state index in [1.165, 1.54) is 6.92 Å². The third-order valence-corrected chi connectivity index (χ3v) is 6.36. The van der Waals surface area contributed by atoms with Crippen molar-refractivity contribution in [2.75, 3.05) is 6.54 Å². The summed E-state index contributed by atoms with van der Waals surface area (Å²) in [6.45, 7) is 1.36. The van der Waals surface area contributed by atoms with Crippen LogP contribution in [0, 0.1) is 0 Å². The second-order valence-corrected chi connectivity index (χ2v) is 9.74. The number of benzene rings is 1. The fraction of sp³-hybridized carbons (Fsp3) is 0.462. The molecule has 0 fully saturated rings. The number of aliphatic hydroxyl groups is 1. The van der Waals surface area contributed by atoms with Crippen molar-refractivity contribution in [3.05, 3.63) is 36.0 Å². The molecule has 1 heterocycles. The van der Waals surface area contributed by atoms with Crippen LogP contribution in [-0.4, -0.2) is 92.7 Å². The van der Waals surface area contributed by atoms with Crippen LogP contribution in [-0.2, 0) is 30.4 Å². The molecule has 0 aliphatic heterocycles. The molecule has 0 unspecified atom stereocenters. The number of carboxylic acids is 2. The quantitative estimate of drug-likeness (QED) is 0.0539. The van der Waals surface area contributed by atoms with Gasteiger partial charge in [-0.2, -0.15) is 0 Å². The Morgan fingerprint density at radius 1 is 0.952 bits per heavy atom. The number of aliphatic imine (C=N–C) groups is 1. The van der Waals surface area contributed by atoms with E-state index >= 15 is 0 Å². The molecule has 2 rings (SSSR count). The summed E-state index contributed by atoms with van der Waals surface area (Å²) in [5.74, 6) is -5.28. The Kier molecular flexibility index (Phi) is 12.7. The number of nitrogens with zero attached hydrogens (tertiary/aromatic N) is 1. The highest BCUT2D eigenvalue weighted by molar-refractivity contribution is 5.95. The molecule has 0 radical (unpaired) electrons. The van der Waals surface area contributed by atoms with Crippen molar-refractivity contribution in [1.82, 2.24) is 20.9 Å². The first-order valence-corrected chi connectivity index (χ1v) is 13.2. The number of hydrogen-bond donors (Lipinski definition) is 10. The smallest absolute Gasteiger partial charge is 0.326 e. The van der Waals surface area contributed by atoms with Crippen LogP contribution in [0.4, 0.5) is 0 Å². The van der Waals surface area contributed by atoms with Gasteiger partial charge in [0.05, 0.1) is 12.1 Å². The normalized spacial score (nSPS) is 14.5. The van der Waals surface area contributed by atoms with Crippen molar-refractivity contribution in [3.63, 3.8) is 0 Å². The maximum Gasteiger partial charge on any atom is 0.326 e. The van der Waals surface area contributed by atoms with E-state index in [2.05, 4.69) is 25.9 Å². The minimum Gasteiger partial charge on any atom is -0.481 e. The van der Waals surface area contributed by atoms with Gasteiger partial charge >= 0.3 is 11.9 Å². The van der Waals surface area contributed by atoms with E-state index in [-0.39, 0.29) is 44.6 Å². The van der Waals surface area contributed by atoms with Crippen LogP contribution in [0.5, 0.6) is 0 Å². The minimum atomic E-state index is -1.58. The van der Waals surface area contributed by atoms with Crippen molar-refractivity contribution in [2.24, 2.45) is 22.2 Å². The zero-order valence-corrected chi connectivity index (χ0v) is 23.1. The number of amides is 3. The lowest BCUT2D eigenvalue weighted by Gasteiger charge is -2.26. The first kappa shape index (κ1) is 33.5. The van der Waals surface area contributed by atoms with Crippen LogP contribution in [0.1, 0.15) is 38.2 Å². The number of nitrogens with two attached hydrogens (primary N) is 3. The molecule has 0 bridgehead atoms. The molecule has 42 heavy (non-hydrogen) atoms. The number of carboxylic acid groups (broad SMARTS) is 2. The Balaban J connectivity index is 2.23. The van der Waals surface area contributed by atoms with Gasteiger partial charge in [0.1, 0.15) is 18.1 Å². The Morgan fingerprint density at radius 2 is 1.62 bits per heavy atom. The number of aliphatic hydroxyl groups excluding tert-OH is 1. The van der Waals surface area contributed by atoms with Gasteiger partial charge in [-0.05, 0) is 37.8 Å². The molecule has 13 N–H and O–H groups in total. The highest BCUT2D eigenvalue weighted by Gasteiger charge is 2.33. The van der Waals surface area contributed by atoms with E-state index < -0.39 is 59.9 Å². The molecule has 0 aliphatic carbocycles. The van der Waals surface area contributed by atoms with Gasteiger partial charge < -0.3 is 53.5 Å². The summed E-state index contributed by atoms with van der Waals surface area (Å²) >= 11 is 0. The standard InChI is InChI=1S/C26H38N8O8/c1-13(35)21(24(40)32-18(25(41)42)7-4-10-30-26(28)29)34-23(39)19(33-22(38)16(27)8-9-20(36)37)11-14-12-31-17-6-3-2-5-15(14)17/h2-3,5-6,12-13,16,18-19,21,31,35H,4,7-11,27H2,1H3,(H,32,40)(H,33,38)(H,34,39)(H,36,37)(H,41,42)(H4,28,29,30)/t13-,16+,18+,19+,21+/m1/s1. The molecule has 0 spiro atoms. The summed E-state index contributed by atoms with van der Waals surface area (Å²) in [5.41, 5.74) is 17.8. The maximum absolute atomic E-state index is 13.4. The van der Waals surface area contributed by atoms with E-state index in [1.54, 1.807) is 12.3 Å². The predicted molar refractivity (Wildman–Crippen MR) is 152 cm³/mol. The average Bonchev–Trinajstić information content (AvgIpc) is 3.33. The number of aromatic nitrogens is 1. The third-order valence-electron chi connectivity index (χ3n) is 6.36. The number of rotatable bonds is 17. The lowest BCUT2D eigenvalue weighted by molar-refractivity contribution is -0.143. The van der Waals surface area contributed by atoms with Gasteiger partial charge in [0.2, 0.25) is 17.7 Å². The van der Waals surface area contributed by atoms with Crippen LogP contribution < -0.4 is 33.2 Å². The molecule has 0 aliphatic rings. The summed E-state index contributed by atoms with van der Waals surface area (Å²) in [5, 5.41) is 36.7. The summed E-state index contributed by atoms with van der Waals surface area (Å²) < 4.78 is 0.